The number of hydrogen-bond donors (Lipinski definition) is 3. The fraction of sp³-hybridized carbons (Fsp3) is 0.538. The number of esters is 1. The van der Waals surface area contributed by atoms with Gasteiger partial charge in [-0.1, -0.05) is 36.4 Å². The van der Waals surface area contributed by atoms with Gasteiger partial charge in [-0.25, -0.2) is 37.5 Å². The molecular formula is C52H65F2LiN6O15. The molecule has 4 aliphatic heterocycles. The monoisotopic (exact) mass is 1060 g/mol. The van der Waals surface area contributed by atoms with Gasteiger partial charge in [-0.05, 0) is 84.6 Å². The number of aliphatic carboxylic acids is 1. The van der Waals surface area contributed by atoms with E-state index in [0.717, 1.165) is 4.90 Å². The van der Waals surface area contributed by atoms with Crippen LogP contribution < -0.4 is 29.5 Å². The van der Waals surface area contributed by atoms with Gasteiger partial charge in [0.25, 0.3) is 0 Å². The fourth-order valence-corrected chi connectivity index (χ4v) is 9.65. The molecule has 21 nitrogen and oxygen atoms in total. The van der Waals surface area contributed by atoms with Crippen LogP contribution in [0.2, 0.25) is 0 Å². The zero-order valence-corrected chi connectivity index (χ0v) is 44.0. The summed E-state index contributed by atoms with van der Waals surface area (Å²) in [6.45, 7) is 19.6. The van der Waals surface area contributed by atoms with E-state index >= 15 is 0 Å². The maximum absolute atomic E-state index is 14.1. The molecule has 4 fully saturated rings. The molecule has 2 saturated heterocycles. The van der Waals surface area contributed by atoms with Crippen LogP contribution in [0, 0.1) is 23.5 Å². The number of fused-ring (bicyclic) bond motifs is 2. The fourth-order valence-electron chi connectivity index (χ4n) is 9.65. The Morgan fingerprint density at radius 1 is 0.671 bits per heavy atom. The molecule has 24 heteroatoms. The molecule has 8 rings (SSSR count). The number of benzene rings is 2. The number of nitrogens with one attached hydrogen (secondary N) is 2. The number of halogens is 2. The van der Waals surface area contributed by atoms with Gasteiger partial charge >= 0.3 is 55.2 Å². The molecule has 4 heterocycles. The first-order valence-corrected chi connectivity index (χ1v) is 24.5. The number of carboxylic acids is 1. The maximum atomic E-state index is 14.1. The Hall–Kier alpha value is -6.70. The minimum Gasteiger partial charge on any atom is -0.870 e. The molecule has 2 aliphatic carbocycles. The van der Waals surface area contributed by atoms with Crippen molar-refractivity contribution in [2.45, 2.75) is 147 Å². The predicted octanol–water partition coefficient (Wildman–Crippen LogP) is 2.91. The first kappa shape index (κ1) is 60.2. The SMILES string of the molecule is C=C[C@@H]1C[C@]1(NC(=O)[C@@H]1C[C@@H](OC(=O)N2Cc3cccc(F)c3C2)CN1C(=O)OC(C)(C)C)C(=O)O.C=C[C@@H]1C[C@]1(NC(=O)[C@@H]1C[C@@H](OC(=O)N2Cc3cccc(F)c3C2)CN1C(=O)OC(C)(C)C)C(=O)OCC.[Li+].[OH-]. The second-order valence-electron chi connectivity index (χ2n) is 21.3. The Balaban J connectivity index is 0.000000274. The predicted molar refractivity (Wildman–Crippen MR) is 259 cm³/mol. The molecule has 8 atom stereocenters. The molecule has 0 unspecified atom stereocenters. The van der Waals surface area contributed by atoms with Crippen LogP contribution in [-0.2, 0) is 69.0 Å². The largest absolute Gasteiger partial charge is 1.00 e. The van der Waals surface area contributed by atoms with E-state index in [0.29, 0.717) is 28.7 Å². The van der Waals surface area contributed by atoms with Gasteiger partial charge in [0, 0.05) is 48.9 Å². The Morgan fingerprint density at radius 3 is 1.41 bits per heavy atom. The van der Waals surface area contributed by atoms with Crippen molar-refractivity contribution in [1.82, 2.24) is 30.2 Å². The second kappa shape index (κ2) is 23.3. The minimum absolute atomic E-state index is 0. The van der Waals surface area contributed by atoms with Crippen molar-refractivity contribution in [2.75, 3.05) is 19.7 Å². The van der Waals surface area contributed by atoms with Crippen LogP contribution in [0.1, 0.15) is 96.4 Å². The van der Waals surface area contributed by atoms with Crippen LogP contribution in [0.5, 0.6) is 0 Å². The number of carbonyl (C=O) groups excluding carboxylic acids is 7. The quantitative estimate of drug-likeness (QED) is 0.126. The van der Waals surface area contributed by atoms with E-state index in [9.17, 15) is 52.2 Å². The van der Waals surface area contributed by atoms with Crippen molar-refractivity contribution in [3.8, 4) is 0 Å². The number of carboxylic acid groups (broad SMARTS) is 1. The van der Waals surface area contributed by atoms with Crippen LogP contribution in [0.4, 0.5) is 28.0 Å². The first-order valence-electron chi connectivity index (χ1n) is 24.5. The Labute approximate surface area is 451 Å². The summed E-state index contributed by atoms with van der Waals surface area (Å²) in [6, 6.07) is 7.16. The molecule has 6 amide bonds. The molecule has 6 aliphatic rings. The molecule has 408 valence electrons. The maximum Gasteiger partial charge on any atom is 1.00 e. The molecular weight excluding hydrogens is 994 g/mol. The molecule has 0 aromatic heterocycles. The van der Waals surface area contributed by atoms with Crippen LogP contribution in [0.25, 0.3) is 0 Å². The van der Waals surface area contributed by atoms with E-state index < -0.39 is 106 Å². The molecule has 0 bridgehead atoms. The van der Waals surface area contributed by atoms with Gasteiger partial charge in [0.05, 0.1) is 32.8 Å². The summed E-state index contributed by atoms with van der Waals surface area (Å²) in [4.78, 5) is 108. The van der Waals surface area contributed by atoms with Crippen LogP contribution >= 0.6 is 0 Å². The Kier molecular flexibility index (Phi) is 18.4. The third kappa shape index (κ3) is 13.1. The number of hydrogen-bond acceptors (Lipinski definition) is 14. The van der Waals surface area contributed by atoms with Crippen molar-refractivity contribution in [3.05, 3.63) is 95.6 Å². The van der Waals surface area contributed by atoms with E-state index in [4.69, 9.17) is 23.7 Å². The molecule has 2 aromatic carbocycles. The van der Waals surface area contributed by atoms with Crippen molar-refractivity contribution >= 4 is 48.1 Å². The molecule has 2 saturated carbocycles. The molecule has 4 N–H and O–H groups in total. The topological polar surface area (TPSA) is 270 Å². The average Bonchev–Trinajstić information content (AvgIpc) is 3.75. The Morgan fingerprint density at radius 2 is 1.07 bits per heavy atom. The van der Waals surface area contributed by atoms with Crippen LogP contribution in [-0.4, -0.2) is 145 Å². The van der Waals surface area contributed by atoms with E-state index in [-0.39, 0.29) is 101 Å². The third-order valence-electron chi connectivity index (χ3n) is 13.6. The molecule has 0 spiro atoms. The number of likely N-dealkylation sites (tertiary alicyclic amines) is 2. The summed E-state index contributed by atoms with van der Waals surface area (Å²) < 4.78 is 55.5. The summed E-state index contributed by atoms with van der Waals surface area (Å²) in [7, 11) is 0. The molecule has 0 radical (unpaired) electrons. The normalized spacial score (nSPS) is 25.6. The van der Waals surface area contributed by atoms with Crippen molar-refractivity contribution in [3.63, 3.8) is 0 Å². The van der Waals surface area contributed by atoms with Crippen LogP contribution in [0.3, 0.4) is 0 Å². The first-order chi connectivity index (χ1) is 34.7. The summed E-state index contributed by atoms with van der Waals surface area (Å²) in [5, 5.41) is 15.0. The molecule has 76 heavy (non-hydrogen) atoms. The number of nitrogens with zero attached hydrogens (tertiary/aromatic N) is 4. The number of ether oxygens (including phenoxy) is 5. The number of carbonyl (C=O) groups is 8. The van der Waals surface area contributed by atoms with Gasteiger partial charge in [0.1, 0.15) is 58.2 Å². The second-order valence-corrected chi connectivity index (χ2v) is 21.3. The van der Waals surface area contributed by atoms with Gasteiger partial charge in [0.15, 0.2) is 0 Å². The van der Waals surface area contributed by atoms with E-state index in [1.165, 1.54) is 32.9 Å². The molecule has 2 aromatic rings. The minimum atomic E-state index is -1.47. The van der Waals surface area contributed by atoms with Crippen molar-refractivity contribution < 1.29 is 100 Å². The third-order valence-corrected chi connectivity index (χ3v) is 13.6. The summed E-state index contributed by atoms with van der Waals surface area (Å²) in [5.41, 5.74) is -2.13. The van der Waals surface area contributed by atoms with E-state index in [1.807, 2.05) is 0 Å². The summed E-state index contributed by atoms with van der Waals surface area (Å²) in [5.74, 6) is -4.53. The van der Waals surface area contributed by atoms with Gasteiger partial charge in [0.2, 0.25) is 11.8 Å². The van der Waals surface area contributed by atoms with Crippen molar-refractivity contribution in [1.29, 1.82) is 0 Å². The average molecular weight is 1060 g/mol. The van der Waals surface area contributed by atoms with E-state index in [2.05, 4.69) is 23.8 Å². The van der Waals surface area contributed by atoms with Gasteiger partial charge in [-0.15, -0.1) is 13.2 Å². The van der Waals surface area contributed by atoms with Gasteiger partial charge < -0.3 is 44.9 Å². The summed E-state index contributed by atoms with van der Waals surface area (Å²) in [6.07, 6.45) is -1.00. The zero-order valence-electron chi connectivity index (χ0n) is 44.0. The van der Waals surface area contributed by atoms with Gasteiger partial charge in [-0.3, -0.25) is 29.2 Å². The van der Waals surface area contributed by atoms with E-state index in [1.54, 1.807) is 78.8 Å². The van der Waals surface area contributed by atoms with Crippen LogP contribution in [0.15, 0.2) is 61.7 Å². The number of rotatable bonds is 11. The zero-order chi connectivity index (χ0) is 54.2. The smallest absolute Gasteiger partial charge is 0.870 e. The van der Waals surface area contributed by atoms with Gasteiger partial charge in [-0.2, -0.15) is 0 Å². The van der Waals surface area contributed by atoms with Crippen molar-refractivity contribution in [2.24, 2.45) is 11.8 Å². The summed E-state index contributed by atoms with van der Waals surface area (Å²) >= 11 is 0. The Bertz CT molecular complexity index is 2630. The number of amides is 6. The standard InChI is InChI=1S/C27H34FN3O7.C25H30FN3O7.Li.H2O/c1-6-17-12-27(17,23(33)36-7-2)29-22(32)21-11-18(14-31(21)25(35)38-26(3,4)5)37-24(34)30-13-16-9-8-10-20(28)19(16)15-30;1-5-15-10-25(15,21(31)32)27-20(30)19-9-16(12-29(19)23(34)36-24(2,3)4)35-22(33)28-11-14-7-6-8-18(26)17(14)13-28;;/h6,8-10,17-18,21H,1,7,11-15H2,2-5H3,(H,29,32);5-8,15-16,19H,1,9-13H2,2-4H3,(H,27,30)(H,31,32);;1H2/q;;+1;/p-1/t17-,18-,21+,27-;15-,16-,19+,25-;;/m11../s1.